The normalized spacial score (nSPS) is 14.2. The van der Waals surface area contributed by atoms with Gasteiger partial charge in [-0.05, 0) is 57.2 Å². The molecule has 10 heteroatoms. The number of hydrogen-bond acceptors (Lipinski definition) is 8. The Balaban J connectivity index is 1.24. The fourth-order valence-corrected chi connectivity index (χ4v) is 6.18. The van der Waals surface area contributed by atoms with Crippen molar-refractivity contribution in [3.8, 4) is 22.4 Å². The Morgan fingerprint density at radius 2 is 1.78 bits per heavy atom. The van der Waals surface area contributed by atoms with E-state index in [9.17, 15) is 4.79 Å². The second kappa shape index (κ2) is 11.6. The van der Waals surface area contributed by atoms with Gasteiger partial charge in [0.05, 0.1) is 11.2 Å². The Labute approximate surface area is 248 Å². The summed E-state index contributed by atoms with van der Waals surface area (Å²) in [6, 6.07) is 16.4. The molecule has 0 spiro atoms. The number of fused-ring (bicyclic) bond motifs is 1. The van der Waals surface area contributed by atoms with Crippen LogP contribution < -0.4 is 15.8 Å². The van der Waals surface area contributed by atoms with E-state index in [4.69, 9.17) is 16.6 Å². The predicted molar refractivity (Wildman–Crippen MR) is 170 cm³/mol. The number of aryl methyl sites for hydroxylation is 1. The highest BCUT2D eigenvalue weighted by atomic mass is 35.5. The molecule has 1 N–H and O–H groups in total. The van der Waals surface area contributed by atoms with E-state index < -0.39 is 0 Å². The molecule has 0 bridgehead atoms. The van der Waals surface area contributed by atoms with Crippen molar-refractivity contribution in [3.63, 3.8) is 0 Å². The maximum atomic E-state index is 13.6. The first-order chi connectivity index (χ1) is 19.9. The third-order valence-corrected chi connectivity index (χ3v) is 8.56. The standard InChI is InChI=1S/C31H32ClN7OS/c1-4-39-29-22(15-26(30(39)40)25-10-5-21(16-27(25)32)28-18-41-19-34-28)17-33-31(36-29)35-23-6-8-24(9-7-23)38-13-11-37(12-14-38)20(2)3/h5-10,15-20H,4,11-14H2,1-3H3,(H,33,35,36). The number of pyridine rings is 1. The molecule has 1 aliphatic rings. The number of nitrogens with zero attached hydrogens (tertiary/aromatic N) is 6. The summed E-state index contributed by atoms with van der Waals surface area (Å²) < 4.78 is 1.67. The van der Waals surface area contributed by atoms with Gasteiger partial charge in [-0.15, -0.1) is 11.3 Å². The van der Waals surface area contributed by atoms with Crippen molar-refractivity contribution < 1.29 is 0 Å². The molecule has 0 amide bonds. The summed E-state index contributed by atoms with van der Waals surface area (Å²) >= 11 is 8.20. The van der Waals surface area contributed by atoms with Crippen LogP contribution in [0.2, 0.25) is 5.02 Å². The molecule has 0 atom stereocenters. The molecular formula is C31H32ClN7OS. The van der Waals surface area contributed by atoms with Crippen LogP contribution in [0.25, 0.3) is 33.4 Å². The molecule has 1 saturated heterocycles. The van der Waals surface area contributed by atoms with E-state index in [1.165, 1.54) is 17.0 Å². The summed E-state index contributed by atoms with van der Waals surface area (Å²) in [4.78, 5) is 32.2. The molecule has 0 unspecified atom stereocenters. The van der Waals surface area contributed by atoms with Crippen LogP contribution in [-0.2, 0) is 6.54 Å². The predicted octanol–water partition coefficient (Wildman–Crippen LogP) is 6.53. The molecule has 3 aromatic heterocycles. The highest BCUT2D eigenvalue weighted by Crippen LogP contribution is 2.32. The van der Waals surface area contributed by atoms with Gasteiger partial charge in [-0.2, -0.15) is 4.98 Å². The minimum Gasteiger partial charge on any atom is -0.369 e. The van der Waals surface area contributed by atoms with Gasteiger partial charge in [0.1, 0.15) is 5.65 Å². The van der Waals surface area contributed by atoms with Gasteiger partial charge in [-0.3, -0.25) is 14.3 Å². The fraction of sp³-hybridized carbons (Fsp3) is 0.290. The van der Waals surface area contributed by atoms with E-state index in [-0.39, 0.29) is 5.56 Å². The summed E-state index contributed by atoms with van der Waals surface area (Å²) in [7, 11) is 0. The molecule has 5 aromatic rings. The molecule has 210 valence electrons. The summed E-state index contributed by atoms with van der Waals surface area (Å²) in [6.45, 7) is 11.1. The van der Waals surface area contributed by atoms with Crippen molar-refractivity contribution in [2.24, 2.45) is 0 Å². The zero-order valence-corrected chi connectivity index (χ0v) is 24.9. The quantitative estimate of drug-likeness (QED) is 0.233. The van der Waals surface area contributed by atoms with Crippen molar-refractivity contribution in [1.29, 1.82) is 0 Å². The molecule has 0 radical (unpaired) electrons. The van der Waals surface area contributed by atoms with E-state index >= 15 is 0 Å². The summed E-state index contributed by atoms with van der Waals surface area (Å²) in [5.41, 5.74) is 7.29. The summed E-state index contributed by atoms with van der Waals surface area (Å²) in [5.74, 6) is 0.441. The van der Waals surface area contributed by atoms with Crippen LogP contribution in [-0.4, -0.2) is 56.6 Å². The lowest BCUT2D eigenvalue weighted by atomic mass is 10.0. The van der Waals surface area contributed by atoms with Crippen molar-refractivity contribution in [2.45, 2.75) is 33.4 Å². The van der Waals surface area contributed by atoms with Crippen LogP contribution in [0, 0.1) is 0 Å². The largest absolute Gasteiger partial charge is 0.369 e. The van der Waals surface area contributed by atoms with E-state index in [1.807, 2.05) is 48.7 Å². The topological polar surface area (TPSA) is 79.2 Å². The SMILES string of the molecule is CCn1c(=O)c(-c2ccc(-c3cscn3)cc2Cl)cc2cnc(Nc3ccc(N4CCN(C(C)C)CC4)cc3)nc21. The smallest absolute Gasteiger partial charge is 0.260 e. The number of nitrogens with one attached hydrogen (secondary N) is 1. The van der Waals surface area contributed by atoms with Gasteiger partial charge in [-0.1, -0.05) is 23.7 Å². The van der Waals surface area contributed by atoms with Crippen molar-refractivity contribution >= 4 is 51.3 Å². The summed E-state index contributed by atoms with van der Waals surface area (Å²) in [5, 5.41) is 6.54. The first kappa shape index (κ1) is 27.4. The van der Waals surface area contributed by atoms with E-state index in [2.05, 4.69) is 51.1 Å². The third kappa shape index (κ3) is 5.57. The van der Waals surface area contributed by atoms with Crippen LogP contribution >= 0.6 is 22.9 Å². The highest BCUT2D eigenvalue weighted by molar-refractivity contribution is 7.07. The van der Waals surface area contributed by atoms with Gasteiger partial charge in [0.15, 0.2) is 0 Å². The molecule has 41 heavy (non-hydrogen) atoms. The van der Waals surface area contributed by atoms with Crippen LogP contribution in [0.15, 0.2) is 70.4 Å². The second-order valence-corrected chi connectivity index (χ2v) is 11.6. The van der Waals surface area contributed by atoms with Crippen LogP contribution in [0.4, 0.5) is 17.3 Å². The van der Waals surface area contributed by atoms with Crippen LogP contribution in [0.3, 0.4) is 0 Å². The molecule has 8 nitrogen and oxygen atoms in total. The number of benzene rings is 2. The van der Waals surface area contributed by atoms with Gasteiger partial charge in [0.25, 0.3) is 5.56 Å². The minimum absolute atomic E-state index is 0.144. The maximum absolute atomic E-state index is 13.6. The molecule has 1 fully saturated rings. The molecule has 0 aliphatic carbocycles. The lowest BCUT2D eigenvalue weighted by Gasteiger charge is -2.38. The first-order valence-electron chi connectivity index (χ1n) is 13.9. The Morgan fingerprint density at radius 3 is 2.44 bits per heavy atom. The zero-order valence-electron chi connectivity index (χ0n) is 23.3. The third-order valence-electron chi connectivity index (χ3n) is 7.66. The number of piperazine rings is 1. The number of anilines is 3. The van der Waals surface area contributed by atoms with Crippen molar-refractivity contribution in [3.05, 3.63) is 81.0 Å². The monoisotopic (exact) mass is 585 g/mol. The molecule has 0 saturated carbocycles. The van der Waals surface area contributed by atoms with Gasteiger partial charge in [0.2, 0.25) is 5.95 Å². The molecule has 4 heterocycles. The van der Waals surface area contributed by atoms with E-state index in [0.717, 1.165) is 48.5 Å². The van der Waals surface area contributed by atoms with E-state index in [0.29, 0.717) is 40.3 Å². The first-order valence-corrected chi connectivity index (χ1v) is 15.2. The fourth-order valence-electron chi connectivity index (χ4n) is 5.33. The van der Waals surface area contributed by atoms with Crippen LogP contribution in [0.1, 0.15) is 20.8 Å². The van der Waals surface area contributed by atoms with Crippen molar-refractivity contribution in [1.82, 2.24) is 24.4 Å². The average molecular weight is 586 g/mol. The molecule has 6 rings (SSSR count). The van der Waals surface area contributed by atoms with Gasteiger partial charge < -0.3 is 10.2 Å². The maximum Gasteiger partial charge on any atom is 0.260 e. The number of aromatic nitrogens is 4. The molecule has 2 aromatic carbocycles. The number of halogens is 1. The zero-order chi connectivity index (χ0) is 28.5. The Bertz CT molecular complexity index is 1730. The van der Waals surface area contributed by atoms with Gasteiger partial charge >= 0.3 is 0 Å². The number of hydrogen-bond donors (Lipinski definition) is 1. The Morgan fingerprint density at radius 1 is 1.00 bits per heavy atom. The van der Waals surface area contributed by atoms with Gasteiger partial charge in [-0.25, -0.2) is 9.97 Å². The Kier molecular flexibility index (Phi) is 7.75. The average Bonchev–Trinajstić information content (AvgIpc) is 3.53. The summed E-state index contributed by atoms with van der Waals surface area (Å²) in [6.07, 6.45) is 1.75. The minimum atomic E-state index is -0.144. The lowest BCUT2D eigenvalue weighted by Crippen LogP contribution is -2.48. The highest BCUT2D eigenvalue weighted by Gasteiger charge is 2.19. The second-order valence-electron chi connectivity index (χ2n) is 10.4. The number of thiazole rings is 1. The van der Waals surface area contributed by atoms with Crippen molar-refractivity contribution in [2.75, 3.05) is 36.4 Å². The Hall–Kier alpha value is -3.79. The lowest BCUT2D eigenvalue weighted by molar-refractivity contribution is 0.209. The van der Waals surface area contributed by atoms with E-state index in [1.54, 1.807) is 16.3 Å². The number of rotatable bonds is 7. The van der Waals surface area contributed by atoms with Crippen LogP contribution in [0.5, 0.6) is 0 Å². The van der Waals surface area contributed by atoms with Gasteiger partial charge in [0, 0.05) is 88.8 Å². The molecular weight excluding hydrogens is 554 g/mol. The molecule has 1 aliphatic heterocycles.